The quantitative estimate of drug-likeness (QED) is 0.688. The van der Waals surface area contributed by atoms with Gasteiger partial charge in [0.25, 0.3) is 0 Å². The van der Waals surface area contributed by atoms with E-state index in [1.807, 2.05) is 37.3 Å². The van der Waals surface area contributed by atoms with E-state index in [4.69, 9.17) is 4.42 Å². The molecule has 3 rings (SSSR count). The summed E-state index contributed by atoms with van der Waals surface area (Å²) in [7, 11) is 0. The van der Waals surface area contributed by atoms with Crippen LogP contribution in [0.4, 0.5) is 5.69 Å². The highest BCUT2D eigenvalue weighted by atomic mass is 79.9. The van der Waals surface area contributed by atoms with Crippen molar-refractivity contribution in [2.45, 2.75) is 13.5 Å². The Morgan fingerprint density at radius 2 is 1.91 bits per heavy atom. The van der Waals surface area contributed by atoms with E-state index >= 15 is 0 Å². The fraction of sp³-hybridized carbons (Fsp3) is 0.118. The van der Waals surface area contributed by atoms with Crippen molar-refractivity contribution >= 4 is 32.6 Å². The molecule has 2 N–H and O–H groups in total. The second kappa shape index (κ2) is 5.85. The highest BCUT2D eigenvalue weighted by molar-refractivity contribution is 9.10. The van der Waals surface area contributed by atoms with Gasteiger partial charge >= 0.3 is 5.63 Å². The second-order valence-electron chi connectivity index (χ2n) is 5.03. The standard InChI is InChI=1S/C17H14BrNO3/c1-10-3-2-4-14-15(10)16(20)13(17(21)22-14)9-19-12-7-5-11(18)6-8-12/h2-8,19-20H,9H2,1H3. The molecular weight excluding hydrogens is 346 g/mol. The Morgan fingerprint density at radius 1 is 1.18 bits per heavy atom. The molecule has 0 saturated carbocycles. The summed E-state index contributed by atoms with van der Waals surface area (Å²) in [5.41, 5.74) is 1.82. The number of nitrogens with one attached hydrogen (secondary N) is 1. The number of hydrogen-bond donors (Lipinski definition) is 2. The third-order valence-corrected chi connectivity index (χ3v) is 4.05. The van der Waals surface area contributed by atoms with Gasteiger partial charge in [0.15, 0.2) is 0 Å². The molecule has 0 spiro atoms. The predicted molar refractivity (Wildman–Crippen MR) is 90.4 cm³/mol. The van der Waals surface area contributed by atoms with Gasteiger partial charge in [-0.2, -0.15) is 0 Å². The summed E-state index contributed by atoms with van der Waals surface area (Å²) in [6.45, 7) is 2.06. The molecule has 4 nitrogen and oxygen atoms in total. The van der Waals surface area contributed by atoms with E-state index in [9.17, 15) is 9.90 Å². The van der Waals surface area contributed by atoms with E-state index < -0.39 is 5.63 Å². The molecule has 2 aromatic carbocycles. The molecule has 0 aliphatic heterocycles. The Morgan fingerprint density at radius 3 is 2.64 bits per heavy atom. The average molecular weight is 360 g/mol. The van der Waals surface area contributed by atoms with Gasteiger partial charge in [-0.05, 0) is 42.8 Å². The van der Waals surface area contributed by atoms with Gasteiger partial charge in [0.2, 0.25) is 0 Å². The minimum atomic E-state index is -0.528. The van der Waals surface area contributed by atoms with Crippen LogP contribution in [0.5, 0.6) is 5.75 Å². The number of aromatic hydroxyl groups is 1. The highest BCUT2D eigenvalue weighted by Gasteiger charge is 2.15. The van der Waals surface area contributed by atoms with Crippen LogP contribution in [0.15, 0.2) is 56.1 Å². The van der Waals surface area contributed by atoms with Crippen molar-refractivity contribution in [3.63, 3.8) is 0 Å². The van der Waals surface area contributed by atoms with Gasteiger partial charge < -0.3 is 14.8 Å². The number of halogens is 1. The first-order valence-electron chi connectivity index (χ1n) is 6.80. The smallest absolute Gasteiger partial charge is 0.345 e. The lowest BCUT2D eigenvalue weighted by molar-refractivity contribution is 0.458. The molecule has 3 aromatic rings. The number of rotatable bonds is 3. The van der Waals surface area contributed by atoms with Crippen LogP contribution in [0, 0.1) is 6.92 Å². The molecule has 0 aliphatic carbocycles. The zero-order chi connectivity index (χ0) is 15.7. The molecule has 0 atom stereocenters. The van der Waals surface area contributed by atoms with Crippen molar-refractivity contribution in [3.05, 3.63) is 68.5 Å². The second-order valence-corrected chi connectivity index (χ2v) is 5.94. The number of fused-ring (bicyclic) bond motifs is 1. The molecule has 0 fully saturated rings. The van der Waals surface area contributed by atoms with Gasteiger partial charge in [-0.3, -0.25) is 0 Å². The van der Waals surface area contributed by atoms with Gasteiger partial charge in [-0.1, -0.05) is 28.1 Å². The lowest BCUT2D eigenvalue weighted by atomic mass is 10.1. The molecule has 0 aliphatic rings. The summed E-state index contributed by atoms with van der Waals surface area (Å²) in [6, 6.07) is 12.9. The molecule has 0 unspecified atom stereocenters. The SMILES string of the molecule is Cc1cccc2oc(=O)c(CNc3ccc(Br)cc3)c(O)c12. The van der Waals surface area contributed by atoms with E-state index in [0.29, 0.717) is 11.0 Å². The first-order valence-corrected chi connectivity index (χ1v) is 7.59. The van der Waals surface area contributed by atoms with Crippen molar-refractivity contribution in [2.75, 3.05) is 5.32 Å². The van der Waals surface area contributed by atoms with Crippen LogP contribution in [-0.2, 0) is 6.54 Å². The maximum atomic E-state index is 12.1. The lowest BCUT2D eigenvalue weighted by Crippen LogP contribution is -2.12. The number of aryl methyl sites for hydroxylation is 1. The summed E-state index contributed by atoms with van der Waals surface area (Å²) < 4.78 is 6.27. The van der Waals surface area contributed by atoms with E-state index in [2.05, 4.69) is 21.2 Å². The van der Waals surface area contributed by atoms with Crippen molar-refractivity contribution in [1.82, 2.24) is 0 Å². The number of anilines is 1. The van der Waals surface area contributed by atoms with Crippen molar-refractivity contribution in [1.29, 1.82) is 0 Å². The van der Waals surface area contributed by atoms with Crippen LogP contribution in [0.3, 0.4) is 0 Å². The molecule has 5 heteroatoms. The van der Waals surface area contributed by atoms with Gasteiger partial charge in [-0.25, -0.2) is 4.79 Å². The van der Waals surface area contributed by atoms with Crippen molar-refractivity contribution < 1.29 is 9.52 Å². The Bertz CT molecular complexity index is 885. The topological polar surface area (TPSA) is 62.5 Å². The molecule has 22 heavy (non-hydrogen) atoms. The summed E-state index contributed by atoms with van der Waals surface area (Å²) in [4.78, 5) is 12.1. The molecule has 0 radical (unpaired) electrons. The van der Waals surface area contributed by atoms with Gasteiger partial charge in [0.05, 0.1) is 17.5 Å². The van der Waals surface area contributed by atoms with Gasteiger partial charge in [0, 0.05) is 10.2 Å². The van der Waals surface area contributed by atoms with Crippen LogP contribution in [0.25, 0.3) is 11.0 Å². The molecule has 112 valence electrons. The van der Waals surface area contributed by atoms with Crippen LogP contribution < -0.4 is 10.9 Å². The van der Waals surface area contributed by atoms with E-state index in [0.717, 1.165) is 15.7 Å². The maximum absolute atomic E-state index is 12.1. The van der Waals surface area contributed by atoms with Crippen molar-refractivity contribution in [3.8, 4) is 5.75 Å². The first kappa shape index (κ1) is 14.7. The minimum Gasteiger partial charge on any atom is -0.507 e. The molecule has 0 bridgehead atoms. The zero-order valence-corrected chi connectivity index (χ0v) is 13.5. The molecule has 0 amide bonds. The van der Waals surface area contributed by atoms with Crippen LogP contribution in [0.2, 0.25) is 0 Å². The third kappa shape index (κ3) is 2.72. The largest absolute Gasteiger partial charge is 0.507 e. The van der Waals surface area contributed by atoms with Crippen LogP contribution >= 0.6 is 15.9 Å². The number of benzene rings is 2. The van der Waals surface area contributed by atoms with Gasteiger partial charge in [-0.15, -0.1) is 0 Å². The Hall–Kier alpha value is -2.27. The van der Waals surface area contributed by atoms with Crippen molar-refractivity contribution in [2.24, 2.45) is 0 Å². The predicted octanol–water partition coefficient (Wildman–Crippen LogP) is 4.18. The third-order valence-electron chi connectivity index (χ3n) is 3.52. The fourth-order valence-corrected chi connectivity index (χ4v) is 2.62. The lowest BCUT2D eigenvalue weighted by Gasteiger charge is -2.10. The Labute approximate surface area is 135 Å². The molecule has 1 aromatic heterocycles. The van der Waals surface area contributed by atoms with E-state index in [1.165, 1.54) is 0 Å². The summed E-state index contributed by atoms with van der Waals surface area (Å²) in [6.07, 6.45) is 0. The van der Waals surface area contributed by atoms with Gasteiger partial charge in [0.1, 0.15) is 11.3 Å². The Balaban J connectivity index is 1.98. The van der Waals surface area contributed by atoms with Crippen LogP contribution in [0.1, 0.15) is 11.1 Å². The van der Waals surface area contributed by atoms with E-state index in [1.54, 1.807) is 12.1 Å². The minimum absolute atomic E-state index is 0.0195. The highest BCUT2D eigenvalue weighted by Crippen LogP contribution is 2.29. The molecule has 0 saturated heterocycles. The number of hydrogen-bond acceptors (Lipinski definition) is 4. The average Bonchev–Trinajstić information content (AvgIpc) is 2.48. The maximum Gasteiger partial charge on any atom is 0.345 e. The monoisotopic (exact) mass is 359 g/mol. The summed E-state index contributed by atoms with van der Waals surface area (Å²) in [5.74, 6) is -0.0195. The summed E-state index contributed by atoms with van der Waals surface area (Å²) >= 11 is 3.37. The Kier molecular flexibility index (Phi) is 3.90. The normalized spacial score (nSPS) is 10.8. The summed E-state index contributed by atoms with van der Waals surface area (Å²) in [5, 5.41) is 14.1. The molecule has 1 heterocycles. The fourth-order valence-electron chi connectivity index (χ4n) is 2.35. The zero-order valence-electron chi connectivity index (χ0n) is 11.9. The first-order chi connectivity index (χ1) is 10.6. The molecular formula is C17H14BrNO3. The van der Waals surface area contributed by atoms with E-state index in [-0.39, 0.29) is 17.9 Å². The van der Waals surface area contributed by atoms with Crippen LogP contribution in [-0.4, -0.2) is 5.11 Å².